The molecule has 2 heterocycles. The Morgan fingerprint density at radius 2 is 1.69 bits per heavy atom. The summed E-state index contributed by atoms with van der Waals surface area (Å²) in [7, 11) is 2.14. The summed E-state index contributed by atoms with van der Waals surface area (Å²) in [5.74, 6) is 0.651. The number of nitrogens with zero attached hydrogens (tertiary/aromatic N) is 3. The second-order valence-electron chi connectivity index (χ2n) is 7.50. The van der Waals surface area contributed by atoms with Gasteiger partial charge in [-0.2, -0.15) is 13.2 Å². The van der Waals surface area contributed by atoms with Gasteiger partial charge in [0.1, 0.15) is 5.82 Å². The van der Waals surface area contributed by atoms with Crippen LogP contribution in [0.1, 0.15) is 11.1 Å². The third-order valence-electron chi connectivity index (χ3n) is 5.28. The molecule has 3 aromatic rings. The number of H-pyrrole nitrogens is 1. The minimum atomic E-state index is -4.36. The molecule has 2 aromatic carbocycles. The fourth-order valence-electron chi connectivity index (χ4n) is 3.56. The number of likely N-dealkylation sites (N-methyl/N-ethyl adjacent to an activating group) is 1. The molecular formula is C22H23F3N4. The summed E-state index contributed by atoms with van der Waals surface area (Å²) in [5, 5.41) is 0. The Kier molecular flexibility index (Phi) is 5.43. The zero-order valence-electron chi connectivity index (χ0n) is 16.2. The monoisotopic (exact) mass is 400 g/mol. The van der Waals surface area contributed by atoms with Gasteiger partial charge in [-0.15, -0.1) is 0 Å². The summed E-state index contributed by atoms with van der Waals surface area (Å²) in [6, 6.07) is 13.4. The molecule has 0 spiro atoms. The van der Waals surface area contributed by atoms with E-state index >= 15 is 0 Å². The standard InChI is InChI=1S/C22H23F3N4/c1-28-8-10-29(11-9-28)15-16-4-2-6-18(12-16)21-26-14-20(27-21)17-5-3-7-19(13-17)22(23,24)25/h2-7,12-14H,8-11,15H2,1H3,(H,26,27). The second kappa shape index (κ2) is 8.00. The highest BCUT2D eigenvalue weighted by molar-refractivity contribution is 5.65. The predicted octanol–water partition coefficient (Wildman–Crippen LogP) is 4.51. The van der Waals surface area contributed by atoms with Crippen LogP contribution < -0.4 is 0 Å². The van der Waals surface area contributed by atoms with E-state index in [2.05, 4.69) is 38.9 Å². The lowest BCUT2D eigenvalue weighted by Crippen LogP contribution is -2.43. The van der Waals surface area contributed by atoms with Crippen molar-refractivity contribution < 1.29 is 13.2 Å². The van der Waals surface area contributed by atoms with Gasteiger partial charge in [-0.05, 0) is 30.8 Å². The molecule has 1 aromatic heterocycles. The number of rotatable bonds is 4. The van der Waals surface area contributed by atoms with E-state index in [9.17, 15) is 13.2 Å². The van der Waals surface area contributed by atoms with Crippen LogP contribution in [0.2, 0.25) is 0 Å². The number of nitrogens with one attached hydrogen (secondary N) is 1. The van der Waals surface area contributed by atoms with Crippen molar-refractivity contribution in [2.75, 3.05) is 33.2 Å². The van der Waals surface area contributed by atoms with Crippen LogP contribution in [0, 0.1) is 0 Å². The number of hydrogen-bond acceptors (Lipinski definition) is 3. The summed E-state index contributed by atoms with van der Waals surface area (Å²) in [4.78, 5) is 12.3. The Morgan fingerprint density at radius 3 is 2.45 bits per heavy atom. The minimum Gasteiger partial charge on any atom is -0.338 e. The first-order valence-corrected chi connectivity index (χ1v) is 9.61. The maximum absolute atomic E-state index is 13.0. The first-order valence-electron chi connectivity index (χ1n) is 9.61. The SMILES string of the molecule is CN1CCN(Cc2cccc(-c3ncc(-c4cccc(C(F)(F)F)c4)[nH]3)c2)CC1. The number of aromatic amines is 1. The zero-order valence-corrected chi connectivity index (χ0v) is 16.2. The van der Waals surface area contributed by atoms with Crippen molar-refractivity contribution in [2.24, 2.45) is 0 Å². The highest BCUT2D eigenvalue weighted by atomic mass is 19.4. The van der Waals surface area contributed by atoms with Gasteiger partial charge in [0.25, 0.3) is 0 Å². The number of aromatic nitrogens is 2. The summed E-state index contributed by atoms with van der Waals surface area (Å²) in [5.41, 5.74) is 2.49. The Morgan fingerprint density at radius 1 is 0.966 bits per heavy atom. The van der Waals surface area contributed by atoms with Crippen LogP contribution in [-0.2, 0) is 12.7 Å². The number of imidazole rings is 1. The summed E-state index contributed by atoms with van der Waals surface area (Å²) in [6.45, 7) is 5.10. The Bertz CT molecular complexity index is 972. The van der Waals surface area contributed by atoms with E-state index in [0.29, 0.717) is 17.1 Å². The molecule has 1 aliphatic rings. The van der Waals surface area contributed by atoms with Crippen LogP contribution in [0.15, 0.2) is 54.7 Å². The molecule has 0 aliphatic carbocycles. The van der Waals surface area contributed by atoms with E-state index in [0.717, 1.165) is 50.4 Å². The van der Waals surface area contributed by atoms with Crippen molar-refractivity contribution in [1.29, 1.82) is 0 Å². The van der Waals surface area contributed by atoms with Crippen molar-refractivity contribution in [1.82, 2.24) is 19.8 Å². The highest BCUT2D eigenvalue weighted by Gasteiger charge is 2.30. The first-order chi connectivity index (χ1) is 13.9. The van der Waals surface area contributed by atoms with Crippen molar-refractivity contribution in [3.05, 3.63) is 65.9 Å². The largest absolute Gasteiger partial charge is 0.416 e. The average Bonchev–Trinajstić information content (AvgIpc) is 3.20. The lowest BCUT2D eigenvalue weighted by Gasteiger charge is -2.32. The summed E-state index contributed by atoms with van der Waals surface area (Å²) < 4.78 is 38.9. The molecule has 152 valence electrons. The van der Waals surface area contributed by atoms with Crippen LogP contribution in [0.4, 0.5) is 13.2 Å². The smallest absolute Gasteiger partial charge is 0.338 e. The highest BCUT2D eigenvalue weighted by Crippen LogP contribution is 2.32. The normalized spacial score (nSPS) is 16.3. The molecule has 1 saturated heterocycles. The summed E-state index contributed by atoms with van der Waals surface area (Å²) in [6.07, 6.45) is -2.78. The van der Waals surface area contributed by atoms with Crippen molar-refractivity contribution >= 4 is 0 Å². The number of halogens is 3. The van der Waals surface area contributed by atoms with Gasteiger partial charge in [-0.3, -0.25) is 4.90 Å². The van der Waals surface area contributed by atoms with E-state index in [1.807, 2.05) is 12.1 Å². The van der Waals surface area contributed by atoms with E-state index < -0.39 is 11.7 Å². The molecular weight excluding hydrogens is 377 g/mol. The van der Waals surface area contributed by atoms with Crippen molar-refractivity contribution in [3.63, 3.8) is 0 Å². The van der Waals surface area contributed by atoms with Crippen LogP contribution in [0.25, 0.3) is 22.6 Å². The fraction of sp³-hybridized carbons (Fsp3) is 0.318. The average molecular weight is 400 g/mol. The molecule has 1 aliphatic heterocycles. The fourth-order valence-corrected chi connectivity index (χ4v) is 3.56. The van der Waals surface area contributed by atoms with Crippen LogP contribution >= 0.6 is 0 Å². The molecule has 0 radical (unpaired) electrons. The number of piperazine rings is 1. The van der Waals surface area contributed by atoms with Crippen molar-refractivity contribution in [2.45, 2.75) is 12.7 Å². The third-order valence-corrected chi connectivity index (χ3v) is 5.28. The van der Waals surface area contributed by atoms with E-state index in [1.54, 1.807) is 12.3 Å². The van der Waals surface area contributed by atoms with E-state index in [1.165, 1.54) is 11.6 Å². The summed E-state index contributed by atoms with van der Waals surface area (Å²) >= 11 is 0. The maximum atomic E-state index is 13.0. The first kappa shape index (κ1) is 19.7. The zero-order chi connectivity index (χ0) is 20.4. The minimum absolute atomic E-state index is 0.465. The molecule has 0 unspecified atom stereocenters. The number of alkyl halides is 3. The van der Waals surface area contributed by atoms with Crippen LogP contribution in [0.5, 0.6) is 0 Å². The second-order valence-corrected chi connectivity index (χ2v) is 7.50. The molecule has 29 heavy (non-hydrogen) atoms. The van der Waals surface area contributed by atoms with Gasteiger partial charge in [0.2, 0.25) is 0 Å². The molecule has 0 amide bonds. The van der Waals surface area contributed by atoms with Crippen LogP contribution in [-0.4, -0.2) is 53.0 Å². The predicted molar refractivity (Wildman–Crippen MR) is 107 cm³/mol. The van der Waals surface area contributed by atoms with Gasteiger partial charge < -0.3 is 9.88 Å². The maximum Gasteiger partial charge on any atom is 0.416 e. The Hall–Kier alpha value is -2.64. The third kappa shape index (κ3) is 4.68. The van der Waals surface area contributed by atoms with Gasteiger partial charge in [0.05, 0.1) is 17.5 Å². The topological polar surface area (TPSA) is 35.2 Å². The van der Waals surface area contributed by atoms with Gasteiger partial charge in [-0.1, -0.05) is 30.3 Å². The molecule has 0 saturated carbocycles. The lowest BCUT2D eigenvalue weighted by atomic mass is 10.1. The molecule has 0 atom stereocenters. The van der Waals surface area contributed by atoms with Gasteiger partial charge in [0.15, 0.2) is 0 Å². The quantitative estimate of drug-likeness (QED) is 0.700. The molecule has 1 N–H and O–H groups in total. The molecule has 7 heteroatoms. The molecule has 0 bridgehead atoms. The molecule has 4 rings (SSSR count). The van der Waals surface area contributed by atoms with Gasteiger partial charge in [-0.25, -0.2) is 4.98 Å². The number of hydrogen-bond donors (Lipinski definition) is 1. The van der Waals surface area contributed by atoms with Gasteiger partial charge >= 0.3 is 6.18 Å². The van der Waals surface area contributed by atoms with Gasteiger partial charge in [0, 0.05) is 43.9 Å². The molecule has 4 nitrogen and oxygen atoms in total. The Labute approximate surface area is 168 Å². The lowest BCUT2D eigenvalue weighted by molar-refractivity contribution is -0.137. The molecule has 1 fully saturated rings. The van der Waals surface area contributed by atoms with Crippen LogP contribution in [0.3, 0.4) is 0 Å². The Balaban J connectivity index is 1.53. The van der Waals surface area contributed by atoms with E-state index in [4.69, 9.17) is 0 Å². The number of benzene rings is 2. The van der Waals surface area contributed by atoms with E-state index in [-0.39, 0.29) is 0 Å². The van der Waals surface area contributed by atoms with Crippen molar-refractivity contribution in [3.8, 4) is 22.6 Å².